The average molecular weight is 310 g/mol. The predicted molar refractivity (Wildman–Crippen MR) is 85.0 cm³/mol. The van der Waals surface area contributed by atoms with Gasteiger partial charge in [-0.1, -0.05) is 32.4 Å². The minimum Gasteiger partial charge on any atom is -0.393 e. The van der Waals surface area contributed by atoms with E-state index in [0.717, 1.165) is 42.9 Å². The Bertz CT molecular complexity index is 541. The summed E-state index contributed by atoms with van der Waals surface area (Å²) < 4.78 is 0. The van der Waals surface area contributed by atoms with Crippen LogP contribution in [-0.2, 0) is 5.41 Å². The molecular formula is C16H24ClN3O. The summed E-state index contributed by atoms with van der Waals surface area (Å²) in [5.41, 5.74) is 0.832. The molecule has 116 valence electrons. The smallest absolute Gasteiger partial charge is 0.137 e. The van der Waals surface area contributed by atoms with Crippen LogP contribution in [0.3, 0.4) is 0 Å². The van der Waals surface area contributed by atoms with Crippen LogP contribution in [-0.4, -0.2) is 33.3 Å². The van der Waals surface area contributed by atoms with Gasteiger partial charge in [-0.05, 0) is 32.6 Å². The van der Waals surface area contributed by atoms with Crippen molar-refractivity contribution in [3.8, 4) is 0 Å². The van der Waals surface area contributed by atoms with Gasteiger partial charge in [0.05, 0.1) is 6.10 Å². The fraction of sp³-hybridized carbons (Fsp3) is 0.750. The van der Waals surface area contributed by atoms with Crippen molar-refractivity contribution >= 4 is 17.4 Å². The molecule has 21 heavy (non-hydrogen) atoms. The van der Waals surface area contributed by atoms with E-state index in [1.807, 2.05) is 6.92 Å². The lowest BCUT2D eigenvalue weighted by Gasteiger charge is -2.39. The number of fused-ring (bicyclic) bond motifs is 2. The molecule has 2 fully saturated rings. The second-order valence-corrected chi connectivity index (χ2v) is 7.81. The molecule has 0 amide bonds. The summed E-state index contributed by atoms with van der Waals surface area (Å²) >= 11 is 6.36. The summed E-state index contributed by atoms with van der Waals surface area (Å²) in [5.74, 6) is 1.76. The first-order valence-electron chi connectivity index (χ1n) is 7.78. The van der Waals surface area contributed by atoms with Gasteiger partial charge >= 0.3 is 0 Å². The quantitative estimate of drug-likeness (QED) is 0.809. The molecular weight excluding hydrogens is 286 g/mol. The zero-order valence-corrected chi connectivity index (χ0v) is 14.0. The van der Waals surface area contributed by atoms with Crippen molar-refractivity contribution in [3.05, 3.63) is 16.5 Å². The molecule has 0 aromatic carbocycles. The van der Waals surface area contributed by atoms with E-state index in [1.54, 1.807) is 0 Å². The topological polar surface area (TPSA) is 49.2 Å². The van der Waals surface area contributed by atoms with Crippen LogP contribution in [0.1, 0.15) is 57.8 Å². The van der Waals surface area contributed by atoms with Crippen LogP contribution in [0.25, 0.3) is 0 Å². The standard InChI is InChI=1S/C16H24ClN3O/c1-9-13(17)18-15(16(2,3)4)19-14(9)20-10-5-6-11(20)8-12(21)7-10/h10-12,21H,5-8H2,1-4H3. The summed E-state index contributed by atoms with van der Waals surface area (Å²) in [6.07, 6.45) is 3.77. The van der Waals surface area contributed by atoms with Gasteiger partial charge < -0.3 is 10.0 Å². The fourth-order valence-electron chi connectivity index (χ4n) is 3.56. The van der Waals surface area contributed by atoms with E-state index < -0.39 is 0 Å². The fourth-order valence-corrected chi connectivity index (χ4v) is 3.72. The third kappa shape index (κ3) is 2.64. The number of piperidine rings is 1. The first-order chi connectivity index (χ1) is 9.77. The van der Waals surface area contributed by atoms with Crippen LogP contribution >= 0.6 is 11.6 Å². The minimum absolute atomic E-state index is 0.125. The number of anilines is 1. The van der Waals surface area contributed by atoms with E-state index in [9.17, 15) is 5.11 Å². The van der Waals surface area contributed by atoms with Crippen molar-refractivity contribution in [1.29, 1.82) is 0 Å². The van der Waals surface area contributed by atoms with Crippen molar-refractivity contribution < 1.29 is 5.11 Å². The van der Waals surface area contributed by atoms with E-state index in [-0.39, 0.29) is 11.5 Å². The van der Waals surface area contributed by atoms with Crippen LogP contribution in [0.15, 0.2) is 0 Å². The molecule has 0 spiro atoms. The zero-order chi connectivity index (χ0) is 15.4. The summed E-state index contributed by atoms with van der Waals surface area (Å²) in [6.45, 7) is 8.31. The number of rotatable bonds is 1. The minimum atomic E-state index is -0.168. The second kappa shape index (κ2) is 5.10. The zero-order valence-electron chi connectivity index (χ0n) is 13.2. The monoisotopic (exact) mass is 309 g/mol. The van der Waals surface area contributed by atoms with Crippen LogP contribution in [0.2, 0.25) is 5.15 Å². The molecule has 4 nitrogen and oxygen atoms in total. The van der Waals surface area contributed by atoms with Gasteiger partial charge in [0.15, 0.2) is 0 Å². The number of halogens is 1. The molecule has 2 saturated heterocycles. The summed E-state index contributed by atoms with van der Waals surface area (Å²) in [7, 11) is 0. The molecule has 0 radical (unpaired) electrons. The molecule has 5 heteroatoms. The number of nitrogens with zero attached hydrogens (tertiary/aromatic N) is 3. The first-order valence-corrected chi connectivity index (χ1v) is 8.16. The van der Waals surface area contributed by atoms with E-state index >= 15 is 0 Å². The van der Waals surface area contributed by atoms with E-state index in [2.05, 4.69) is 30.7 Å². The number of aliphatic hydroxyl groups is 1. The average Bonchev–Trinajstić information content (AvgIpc) is 2.64. The maximum Gasteiger partial charge on any atom is 0.137 e. The van der Waals surface area contributed by atoms with Crippen LogP contribution in [0.4, 0.5) is 5.82 Å². The number of hydrogen-bond acceptors (Lipinski definition) is 4. The normalized spacial score (nSPS) is 29.0. The summed E-state index contributed by atoms with van der Waals surface area (Å²) in [6, 6.07) is 0.771. The Kier molecular flexibility index (Phi) is 3.65. The molecule has 2 aliphatic rings. The van der Waals surface area contributed by atoms with E-state index in [4.69, 9.17) is 16.6 Å². The number of aromatic nitrogens is 2. The largest absolute Gasteiger partial charge is 0.393 e. The molecule has 3 rings (SSSR count). The lowest BCUT2D eigenvalue weighted by molar-refractivity contribution is 0.126. The maximum atomic E-state index is 9.98. The van der Waals surface area contributed by atoms with E-state index in [1.165, 1.54) is 0 Å². The maximum absolute atomic E-state index is 9.98. The van der Waals surface area contributed by atoms with Gasteiger partial charge in [0.25, 0.3) is 0 Å². The van der Waals surface area contributed by atoms with Crippen molar-refractivity contribution in [2.45, 2.75) is 77.0 Å². The lowest BCUT2D eigenvalue weighted by atomic mass is 9.95. The Labute approximate surface area is 131 Å². The summed E-state index contributed by atoms with van der Waals surface area (Å²) in [4.78, 5) is 11.7. The lowest BCUT2D eigenvalue weighted by Crippen LogP contribution is -2.45. The highest BCUT2D eigenvalue weighted by atomic mass is 35.5. The van der Waals surface area contributed by atoms with Crippen LogP contribution in [0.5, 0.6) is 0 Å². The SMILES string of the molecule is Cc1c(Cl)nc(C(C)(C)C)nc1N1C2CCC1CC(O)C2. The molecule has 1 N–H and O–H groups in total. The molecule has 0 saturated carbocycles. The highest BCUT2D eigenvalue weighted by molar-refractivity contribution is 6.30. The van der Waals surface area contributed by atoms with Crippen molar-refractivity contribution in [2.75, 3.05) is 4.90 Å². The number of aliphatic hydroxyl groups excluding tert-OH is 1. The third-order valence-electron chi connectivity index (χ3n) is 4.68. The molecule has 1 aromatic heterocycles. The van der Waals surface area contributed by atoms with Crippen molar-refractivity contribution in [2.24, 2.45) is 0 Å². The molecule has 0 aliphatic carbocycles. The molecule has 2 aliphatic heterocycles. The van der Waals surface area contributed by atoms with Gasteiger partial charge in [0.2, 0.25) is 0 Å². The van der Waals surface area contributed by atoms with Gasteiger partial charge in [0, 0.05) is 23.1 Å². The highest BCUT2D eigenvalue weighted by Gasteiger charge is 2.42. The van der Waals surface area contributed by atoms with Gasteiger partial charge in [-0.3, -0.25) is 0 Å². The molecule has 2 bridgehead atoms. The Morgan fingerprint density at radius 2 is 1.71 bits per heavy atom. The van der Waals surface area contributed by atoms with Gasteiger partial charge in [0.1, 0.15) is 16.8 Å². The molecule has 2 atom stereocenters. The van der Waals surface area contributed by atoms with Crippen LogP contribution < -0.4 is 4.90 Å². The predicted octanol–water partition coefficient (Wildman–Crippen LogP) is 3.23. The van der Waals surface area contributed by atoms with Crippen molar-refractivity contribution in [1.82, 2.24) is 9.97 Å². The Morgan fingerprint density at radius 3 is 2.24 bits per heavy atom. The molecule has 1 aromatic rings. The first kappa shape index (κ1) is 15.0. The Morgan fingerprint density at radius 1 is 1.14 bits per heavy atom. The van der Waals surface area contributed by atoms with Gasteiger partial charge in [-0.25, -0.2) is 9.97 Å². The van der Waals surface area contributed by atoms with Crippen molar-refractivity contribution in [3.63, 3.8) is 0 Å². The Balaban J connectivity index is 2.04. The van der Waals surface area contributed by atoms with Gasteiger partial charge in [-0.15, -0.1) is 0 Å². The summed E-state index contributed by atoms with van der Waals surface area (Å²) in [5, 5.41) is 10.5. The third-order valence-corrected chi connectivity index (χ3v) is 5.05. The van der Waals surface area contributed by atoms with Gasteiger partial charge in [-0.2, -0.15) is 0 Å². The van der Waals surface area contributed by atoms with E-state index in [0.29, 0.717) is 17.2 Å². The Hall–Kier alpha value is -0.870. The highest BCUT2D eigenvalue weighted by Crippen LogP contribution is 2.41. The molecule has 3 heterocycles. The molecule has 2 unspecified atom stereocenters. The van der Waals surface area contributed by atoms with Crippen LogP contribution in [0, 0.1) is 6.92 Å². The second-order valence-electron chi connectivity index (χ2n) is 7.45. The number of hydrogen-bond donors (Lipinski definition) is 1.